The lowest BCUT2D eigenvalue weighted by Crippen LogP contribution is -2.38. The summed E-state index contributed by atoms with van der Waals surface area (Å²) in [4.78, 5) is 16.1. The van der Waals surface area contributed by atoms with Crippen LogP contribution in [-0.2, 0) is 6.54 Å². The summed E-state index contributed by atoms with van der Waals surface area (Å²) in [5.41, 5.74) is 0.924. The highest BCUT2D eigenvalue weighted by Gasteiger charge is 2.11. The molecule has 0 saturated heterocycles. The van der Waals surface area contributed by atoms with Gasteiger partial charge in [0, 0.05) is 24.8 Å². The Morgan fingerprint density at radius 1 is 1.56 bits per heavy atom. The van der Waals surface area contributed by atoms with Crippen molar-refractivity contribution < 1.29 is 0 Å². The first-order chi connectivity index (χ1) is 8.20. The maximum absolute atomic E-state index is 11.9. The van der Waals surface area contributed by atoms with E-state index in [1.165, 1.54) is 6.20 Å². The molecule has 0 atom stereocenters. The number of halogens is 1. The van der Waals surface area contributed by atoms with Gasteiger partial charge >= 0.3 is 0 Å². The smallest absolute Gasteiger partial charge is 0.268 e. The fourth-order valence-electron chi connectivity index (χ4n) is 1.41. The number of nitrogens with one attached hydrogen (secondary N) is 1. The van der Waals surface area contributed by atoms with E-state index in [-0.39, 0.29) is 11.1 Å². The van der Waals surface area contributed by atoms with Crippen LogP contribution in [0.15, 0.2) is 27.6 Å². The quantitative estimate of drug-likeness (QED) is 0.867. The van der Waals surface area contributed by atoms with Crippen LogP contribution in [0.4, 0.5) is 0 Å². The fraction of sp³-hybridized carbons (Fsp3) is 0.538. The number of hydrogen-bond acceptors (Lipinski definition) is 3. The molecule has 1 N–H and O–H groups in total. The Labute approximate surface area is 116 Å². The van der Waals surface area contributed by atoms with Crippen LogP contribution < -0.4 is 10.9 Å². The molecule has 0 aliphatic heterocycles. The van der Waals surface area contributed by atoms with Crippen LogP contribution in [0, 0.1) is 6.92 Å². The van der Waals surface area contributed by atoms with Crippen LogP contribution in [0.25, 0.3) is 0 Å². The van der Waals surface area contributed by atoms with Crippen LogP contribution in [0.1, 0.15) is 26.6 Å². The third-order valence-corrected chi connectivity index (χ3v) is 3.00. The van der Waals surface area contributed by atoms with Crippen molar-refractivity contribution in [3.63, 3.8) is 0 Å². The van der Waals surface area contributed by atoms with Crippen molar-refractivity contribution in [2.45, 2.75) is 39.8 Å². The van der Waals surface area contributed by atoms with Crippen molar-refractivity contribution >= 4 is 15.9 Å². The van der Waals surface area contributed by atoms with E-state index in [1.807, 2.05) is 6.92 Å². The Bertz CT molecular complexity index is 500. The third kappa shape index (κ3) is 4.38. The number of rotatable bonds is 4. The summed E-state index contributed by atoms with van der Waals surface area (Å²) in [5, 5.41) is 3.35. The van der Waals surface area contributed by atoms with Gasteiger partial charge in [-0.05, 0) is 49.2 Å². The monoisotopic (exact) mass is 313 g/mol. The van der Waals surface area contributed by atoms with Gasteiger partial charge in [-0.15, -0.1) is 0 Å². The summed E-state index contributed by atoms with van der Waals surface area (Å²) in [6.07, 6.45) is 1.53. The Morgan fingerprint density at radius 2 is 2.17 bits per heavy atom. The first kappa shape index (κ1) is 15.1. The molecular weight excluding hydrogens is 294 g/mol. The zero-order chi connectivity index (χ0) is 13.9. The van der Waals surface area contributed by atoms with Crippen LogP contribution >= 0.6 is 15.9 Å². The molecule has 4 nitrogen and oxygen atoms in total. The molecule has 0 spiro atoms. The lowest BCUT2D eigenvalue weighted by Gasteiger charge is -2.21. The van der Waals surface area contributed by atoms with E-state index in [2.05, 4.69) is 53.6 Å². The molecule has 0 fully saturated rings. The molecule has 0 aromatic carbocycles. The normalized spacial score (nSPS) is 11.6. The summed E-state index contributed by atoms with van der Waals surface area (Å²) in [5.74, 6) is 0.695. The van der Waals surface area contributed by atoms with E-state index < -0.39 is 0 Å². The Hall–Kier alpha value is -0.940. The highest BCUT2D eigenvalue weighted by atomic mass is 79.9. The summed E-state index contributed by atoms with van der Waals surface area (Å²) in [6, 6.07) is 0. The molecule has 1 aromatic heterocycles. The predicted octanol–water partition coefficient (Wildman–Crippen LogP) is 2.26. The molecule has 100 valence electrons. The average molecular weight is 314 g/mol. The minimum Gasteiger partial charge on any atom is -0.308 e. The molecule has 18 heavy (non-hydrogen) atoms. The SMILES string of the molecule is C=C(CNC(C)(C)C)Cn1c(C)ncc(Br)c1=O. The lowest BCUT2D eigenvalue weighted by atomic mass is 10.1. The highest BCUT2D eigenvalue weighted by molar-refractivity contribution is 9.10. The predicted molar refractivity (Wildman–Crippen MR) is 77.8 cm³/mol. The fourth-order valence-corrected chi connectivity index (χ4v) is 1.72. The number of aryl methyl sites for hydroxylation is 1. The van der Waals surface area contributed by atoms with E-state index in [0.717, 1.165) is 5.57 Å². The van der Waals surface area contributed by atoms with Crippen molar-refractivity contribution in [1.29, 1.82) is 0 Å². The van der Waals surface area contributed by atoms with Gasteiger partial charge in [0.1, 0.15) is 10.3 Å². The zero-order valence-corrected chi connectivity index (χ0v) is 13.0. The van der Waals surface area contributed by atoms with Crippen molar-refractivity contribution in [2.24, 2.45) is 0 Å². The van der Waals surface area contributed by atoms with Crippen LogP contribution in [-0.4, -0.2) is 21.6 Å². The molecule has 0 unspecified atom stereocenters. The molecule has 0 aliphatic rings. The second kappa shape index (κ2) is 5.80. The van der Waals surface area contributed by atoms with Gasteiger partial charge in [-0.3, -0.25) is 9.36 Å². The standard InChI is InChI=1S/C13H20BrN3O/c1-9(6-16-13(3,4)5)8-17-10(2)15-7-11(14)12(17)18/h7,16H,1,6,8H2,2-5H3. The number of aromatic nitrogens is 2. The van der Waals surface area contributed by atoms with Gasteiger partial charge in [-0.2, -0.15) is 0 Å². The van der Waals surface area contributed by atoms with Crippen molar-refractivity contribution in [3.05, 3.63) is 39.0 Å². The first-order valence-electron chi connectivity index (χ1n) is 5.84. The van der Waals surface area contributed by atoms with Crippen molar-refractivity contribution in [1.82, 2.24) is 14.9 Å². The van der Waals surface area contributed by atoms with Gasteiger partial charge in [-0.25, -0.2) is 4.98 Å². The van der Waals surface area contributed by atoms with E-state index in [9.17, 15) is 4.79 Å². The second-order valence-corrected chi connectivity index (χ2v) is 6.25. The van der Waals surface area contributed by atoms with Crippen molar-refractivity contribution in [2.75, 3.05) is 6.54 Å². The van der Waals surface area contributed by atoms with E-state index >= 15 is 0 Å². The van der Waals surface area contributed by atoms with E-state index in [0.29, 0.717) is 23.4 Å². The summed E-state index contributed by atoms with van der Waals surface area (Å²) in [7, 11) is 0. The molecule has 0 radical (unpaired) electrons. The number of hydrogen-bond donors (Lipinski definition) is 1. The van der Waals surface area contributed by atoms with Gasteiger partial charge in [0.05, 0.1) is 0 Å². The Morgan fingerprint density at radius 3 is 2.72 bits per heavy atom. The van der Waals surface area contributed by atoms with Crippen molar-refractivity contribution in [3.8, 4) is 0 Å². The zero-order valence-electron chi connectivity index (χ0n) is 11.4. The molecule has 1 rings (SSSR count). The van der Waals surface area contributed by atoms with Crippen LogP contribution in [0.2, 0.25) is 0 Å². The molecule has 5 heteroatoms. The molecule has 0 saturated carbocycles. The molecule has 0 aliphatic carbocycles. The first-order valence-corrected chi connectivity index (χ1v) is 6.63. The van der Waals surface area contributed by atoms with Gasteiger partial charge in [0.25, 0.3) is 5.56 Å². The largest absolute Gasteiger partial charge is 0.308 e. The Kier molecular flexibility index (Phi) is 4.87. The molecular formula is C13H20BrN3O. The minimum atomic E-state index is -0.0700. The topological polar surface area (TPSA) is 46.9 Å². The van der Waals surface area contributed by atoms with Gasteiger partial charge in [0.2, 0.25) is 0 Å². The lowest BCUT2D eigenvalue weighted by molar-refractivity contribution is 0.439. The van der Waals surface area contributed by atoms with E-state index in [4.69, 9.17) is 0 Å². The summed E-state index contributed by atoms with van der Waals surface area (Å²) in [6.45, 7) is 13.3. The number of nitrogens with zero attached hydrogens (tertiary/aromatic N) is 2. The summed E-state index contributed by atoms with van der Waals surface area (Å²) < 4.78 is 2.10. The highest BCUT2D eigenvalue weighted by Crippen LogP contribution is 2.05. The average Bonchev–Trinajstić information content (AvgIpc) is 2.26. The molecule has 0 amide bonds. The minimum absolute atomic E-state index is 0.0401. The van der Waals surface area contributed by atoms with E-state index in [1.54, 1.807) is 4.57 Å². The maximum Gasteiger partial charge on any atom is 0.268 e. The molecule has 1 heterocycles. The second-order valence-electron chi connectivity index (χ2n) is 5.40. The van der Waals surface area contributed by atoms with Crippen LogP contribution in [0.5, 0.6) is 0 Å². The van der Waals surface area contributed by atoms with Gasteiger partial charge in [-0.1, -0.05) is 6.58 Å². The van der Waals surface area contributed by atoms with Gasteiger partial charge < -0.3 is 5.32 Å². The maximum atomic E-state index is 11.9. The van der Waals surface area contributed by atoms with Gasteiger partial charge in [0.15, 0.2) is 0 Å². The summed E-state index contributed by atoms with van der Waals surface area (Å²) >= 11 is 3.20. The molecule has 0 bridgehead atoms. The Balaban J connectivity index is 2.77. The molecule has 1 aromatic rings. The third-order valence-electron chi connectivity index (χ3n) is 2.46. The van der Waals surface area contributed by atoms with Crippen LogP contribution in [0.3, 0.4) is 0 Å².